The maximum Gasteiger partial charge on any atom is 0.232 e. The minimum absolute atomic E-state index is 0.161. The fourth-order valence-corrected chi connectivity index (χ4v) is 3.62. The van der Waals surface area contributed by atoms with Gasteiger partial charge in [-0.15, -0.1) is 0 Å². The van der Waals surface area contributed by atoms with Gasteiger partial charge in [0.2, 0.25) is 5.89 Å². The zero-order valence-electron chi connectivity index (χ0n) is 12.7. The van der Waals surface area contributed by atoms with Crippen molar-refractivity contribution in [1.82, 2.24) is 20.4 Å². The van der Waals surface area contributed by atoms with Crippen LogP contribution in [0, 0.1) is 0 Å². The average molecular weight is 278 g/mol. The summed E-state index contributed by atoms with van der Waals surface area (Å²) in [6.45, 7) is 8.65. The van der Waals surface area contributed by atoms with Gasteiger partial charge in [0.15, 0.2) is 5.82 Å². The molecule has 112 valence electrons. The third-order valence-corrected chi connectivity index (χ3v) is 5.21. The van der Waals surface area contributed by atoms with Crippen LogP contribution in [0.25, 0.3) is 0 Å². The molecule has 3 rings (SSSR count). The van der Waals surface area contributed by atoms with Gasteiger partial charge in [0.25, 0.3) is 0 Å². The van der Waals surface area contributed by atoms with Crippen molar-refractivity contribution in [3.63, 3.8) is 0 Å². The monoisotopic (exact) mass is 278 g/mol. The van der Waals surface area contributed by atoms with Crippen LogP contribution in [0.1, 0.15) is 63.7 Å². The SMILES string of the molecule is CCC1(c2nc(C(C)N3CCNCC3)no2)CCCC1. The first-order valence-corrected chi connectivity index (χ1v) is 8.04. The molecule has 0 bridgehead atoms. The Balaban J connectivity index is 1.75. The molecular weight excluding hydrogens is 252 g/mol. The number of aromatic nitrogens is 2. The zero-order chi connectivity index (χ0) is 14.0. The Labute approximate surface area is 121 Å². The van der Waals surface area contributed by atoms with Gasteiger partial charge in [-0.3, -0.25) is 4.90 Å². The van der Waals surface area contributed by atoms with E-state index in [1.165, 1.54) is 25.7 Å². The predicted molar refractivity (Wildman–Crippen MR) is 77.6 cm³/mol. The molecule has 1 aromatic heterocycles. The molecule has 1 saturated carbocycles. The van der Waals surface area contributed by atoms with Crippen LogP contribution in [0.2, 0.25) is 0 Å². The Bertz CT molecular complexity index is 433. The van der Waals surface area contributed by atoms with Crippen molar-refractivity contribution in [2.24, 2.45) is 0 Å². The highest BCUT2D eigenvalue weighted by Crippen LogP contribution is 2.43. The highest BCUT2D eigenvalue weighted by atomic mass is 16.5. The molecule has 1 unspecified atom stereocenters. The van der Waals surface area contributed by atoms with Crippen molar-refractivity contribution in [3.05, 3.63) is 11.7 Å². The van der Waals surface area contributed by atoms with Gasteiger partial charge in [-0.05, 0) is 26.2 Å². The quantitative estimate of drug-likeness (QED) is 0.915. The van der Waals surface area contributed by atoms with Gasteiger partial charge in [0.05, 0.1) is 6.04 Å². The van der Waals surface area contributed by atoms with E-state index in [1.54, 1.807) is 0 Å². The van der Waals surface area contributed by atoms with Crippen molar-refractivity contribution >= 4 is 0 Å². The van der Waals surface area contributed by atoms with E-state index in [2.05, 4.69) is 29.2 Å². The summed E-state index contributed by atoms with van der Waals surface area (Å²) in [4.78, 5) is 7.20. The number of hydrogen-bond donors (Lipinski definition) is 1. The molecule has 1 atom stereocenters. The standard InChI is InChI=1S/C15H26N4O/c1-3-15(6-4-5-7-15)14-17-13(18-20-14)12(2)19-10-8-16-9-11-19/h12,16H,3-11H2,1-2H3. The molecule has 0 radical (unpaired) electrons. The third kappa shape index (κ3) is 2.49. The molecule has 0 amide bonds. The molecule has 5 heteroatoms. The fourth-order valence-electron chi connectivity index (χ4n) is 3.62. The Morgan fingerprint density at radius 3 is 2.65 bits per heavy atom. The summed E-state index contributed by atoms with van der Waals surface area (Å²) >= 11 is 0. The number of nitrogens with zero attached hydrogens (tertiary/aromatic N) is 3. The van der Waals surface area contributed by atoms with E-state index in [4.69, 9.17) is 9.51 Å². The van der Waals surface area contributed by atoms with Crippen molar-refractivity contribution < 1.29 is 4.52 Å². The second-order valence-electron chi connectivity index (χ2n) is 6.26. The average Bonchev–Trinajstić information content (AvgIpc) is 3.17. The van der Waals surface area contributed by atoms with E-state index >= 15 is 0 Å². The summed E-state index contributed by atoms with van der Waals surface area (Å²) in [5.74, 6) is 1.75. The molecule has 5 nitrogen and oxygen atoms in total. The summed E-state index contributed by atoms with van der Waals surface area (Å²) in [6.07, 6.45) is 6.09. The van der Waals surface area contributed by atoms with Gasteiger partial charge in [0.1, 0.15) is 0 Å². The van der Waals surface area contributed by atoms with Gasteiger partial charge in [0, 0.05) is 31.6 Å². The van der Waals surface area contributed by atoms with E-state index in [0.29, 0.717) is 0 Å². The molecule has 2 fully saturated rings. The minimum atomic E-state index is 0.161. The summed E-state index contributed by atoms with van der Waals surface area (Å²) in [6, 6.07) is 0.255. The largest absolute Gasteiger partial charge is 0.339 e. The van der Waals surface area contributed by atoms with Crippen LogP contribution in [-0.4, -0.2) is 41.2 Å². The van der Waals surface area contributed by atoms with Gasteiger partial charge in [-0.1, -0.05) is 24.9 Å². The van der Waals surface area contributed by atoms with E-state index < -0.39 is 0 Å². The maximum atomic E-state index is 5.65. The van der Waals surface area contributed by atoms with Crippen LogP contribution >= 0.6 is 0 Å². The van der Waals surface area contributed by atoms with Crippen molar-refractivity contribution in [2.45, 2.75) is 57.4 Å². The molecule has 1 N–H and O–H groups in total. The molecule has 2 aliphatic rings. The maximum absolute atomic E-state index is 5.65. The highest BCUT2D eigenvalue weighted by molar-refractivity contribution is 5.09. The smallest absolute Gasteiger partial charge is 0.232 e. The van der Waals surface area contributed by atoms with E-state index in [1.807, 2.05) is 0 Å². The fraction of sp³-hybridized carbons (Fsp3) is 0.867. The number of piperazine rings is 1. The molecule has 2 heterocycles. The molecular formula is C15H26N4O. The first-order chi connectivity index (χ1) is 9.75. The van der Waals surface area contributed by atoms with Crippen LogP contribution in [0.3, 0.4) is 0 Å². The third-order valence-electron chi connectivity index (χ3n) is 5.21. The van der Waals surface area contributed by atoms with Crippen LogP contribution in [0.15, 0.2) is 4.52 Å². The Morgan fingerprint density at radius 2 is 2.00 bits per heavy atom. The lowest BCUT2D eigenvalue weighted by Gasteiger charge is -2.30. The Morgan fingerprint density at radius 1 is 1.30 bits per heavy atom. The van der Waals surface area contributed by atoms with Crippen molar-refractivity contribution in [2.75, 3.05) is 26.2 Å². The van der Waals surface area contributed by atoms with Crippen LogP contribution in [0.5, 0.6) is 0 Å². The Kier molecular flexibility index (Phi) is 4.08. The lowest BCUT2D eigenvalue weighted by Crippen LogP contribution is -2.44. The topological polar surface area (TPSA) is 54.2 Å². The summed E-state index contributed by atoms with van der Waals surface area (Å²) < 4.78 is 5.65. The predicted octanol–water partition coefficient (Wildman–Crippen LogP) is 2.26. The van der Waals surface area contributed by atoms with Crippen molar-refractivity contribution in [1.29, 1.82) is 0 Å². The van der Waals surface area contributed by atoms with Gasteiger partial charge < -0.3 is 9.84 Å². The number of nitrogens with one attached hydrogen (secondary N) is 1. The molecule has 1 aliphatic carbocycles. The second kappa shape index (κ2) is 5.82. The first kappa shape index (κ1) is 14.0. The van der Waals surface area contributed by atoms with Crippen LogP contribution < -0.4 is 5.32 Å². The minimum Gasteiger partial charge on any atom is -0.339 e. The summed E-state index contributed by atoms with van der Waals surface area (Å²) in [5.41, 5.74) is 0.161. The lowest BCUT2D eigenvalue weighted by atomic mass is 9.83. The summed E-state index contributed by atoms with van der Waals surface area (Å²) in [7, 11) is 0. The van der Waals surface area contributed by atoms with Gasteiger partial charge in [-0.25, -0.2) is 0 Å². The highest BCUT2D eigenvalue weighted by Gasteiger charge is 2.39. The van der Waals surface area contributed by atoms with E-state index in [0.717, 1.165) is 44.3 Å². The van der Waals surface area contributed by atoms with Crippen LogP contribution in [-0.2, 0) is 5.41 Å². The zero-order valence-corrected chi connectivity index (χ0v) is 12.7. The molecule has 1 aromatic rings. The normalized spacial score (nSPS) is 24.9. The van der Waals surface area contributed by atoms with Gasteiger partial charge in [-0.2, -0.15) is 4.98 Å². The lowest BCUT2D eigenvalue weighted by molar-refractivity contribution is 0.176. The first-order valence-electron chi connectivity index (χ1n) is 8.04. The van der Waals surface area contributed by atoms with Gasteiger partial charge >= 0.3 is 0 Å². The number of hydrogen-bond acceptors (Lipinski definition) is 5. The summed E-state index contributed by atoms with van der Waals surface area (Å²) in [5, 5.41) is 7.66. The van der Waals surface area contributed by atoms with E-state index in [9.17, 15) is 0 Å². The molecule has 0 aromatic carbocycles. The van der Waals surface area contributed by atoms with E-state index in [-0.39, 0.29) is 11.5 Å². The Hall–Kier alpha value is -0.940. The molecule has 0 spiro atoms. The molecule has 20 heavy (non-hydrogen) atoms. The second-order valence-corrected chi connectivity index (χ2v) is 6.26. The van der Waals surface area contributed by atoms with Crippen molar-refractivity contribution in [3.8, 4) is 0 Å². The molecule has 1 saturated heterocycles. The molecule has 1 aliphatic heterocycles. The van der Waals surface area contributed by atoms with Crippen LogP contribution in [0.4, 0.5) is 0 Å². The number of rotatable bonds is 4.